The molecule has 2 aromatic rings. The Morgan fingerprint density at radius 2 is 1.61 bits per heavy atom. The number of anilines is 1. The number of nitrogens with zero attached hydrogens (tertiary/aromatic N) is 1. The Labute approximate surface area is 144 Å². The minimum absolute atomic E-state index is 0.00288. The molecule has 1 aliphatic rings. The van der Waals surface area contributed by atoms with Crippen molar-refractivity contribution in [3.8, 4) is 11.5 Å². The first-order valence-electron chi connectivity index (χ1n) is 7.02. The van der Waals surface area contributed by atoms with Crippen molar-refractivity contribution in [2.45, 2.75) is 13.0 Å². The normalized spacial score (nSPS) is 13.7. The van der Waals surface area contributed by atoms with Crippen LogP contribution in [0.1, 0.15) is 11.1 Å². The number of amides is 1. The molecule has 6 heteroatoms. The summed E-state index contributed by atoms with van der Waals surface area (Å²) in [5, 5.41) is 0.891. The first kappa shape index (κ1) is 16.0. The maximum atomic E-state index is 12.5. The van der Waals surface area contributed by atoms with E-state index < -0.39 is 0 Å². The molecule has 4 nitrogen and oxygen atoms in total. The molecule has 0 spiro atoms. The van der Waals surface area contributed by atoms with E-state index in [-0.39, 0.29) is 5.91 Å². The molecule has 0 atom stereocenters. The molecule has 1 aliphatic heterocycles. The number of carbonyl (C=O) groups is 1. The Kier molecular flexibility index (Phi) is 4.37. The van der Waals surface area contributed by atoms with Crippen molar-refractivity contribution in [2.24, 2.45) is 0 Å². The summed E-state index contributed by atoms with van der Waals surface area (Å²) in [6.45, 7) is 0.451. The molecule has 0 bridgehead atoms. The Bertz CT molecular complexity index is 777. The van der Waals surface area contributed by atoms with E-state index >= 15 is 0 Å². The zero-order valence-corrected chi connectivity index (χ0v) is 14.2. The highest BCUT2D eigenvalue weighted by Gasteiger charge is 2.26. The zero-order valence-electron chi connectivity index (χ0n) is 12.7. The quantitative estimate of drug-likeness (QED) is 0.835. The monoisotopic (exact) mass is 351 g/mol. The molecule has 0 unspecified atom stereocenters. The van der Waals surface area contributed by atoms with Crippen molar-refractivity contribution >= 4 is 34.8 Å². The number of ether oxygens (including phenoxy) is 2. The number of benzene rings is 2. The Balaban J connectivity index is 1.99. The van der Waals surface area contributed by atoms with Gasteiger partial charge in [0.1, 0.15) is 0 Å². The topological polar surface area (TPSA) is 38.8 Å². The van der Waals surface area contributed by atoms with E-state index in [9.17, 15) is 4.79 Å². The Hall–Kier alpha value is -1.91. The van der Waals surface area contributed by atoms with Crippen LogP contribution in [-0.4, -0.2) is 20.1 Å². The Morgan fingerprint density at radius 3 is 2.22 bits per heavy atom. The lowest BCUT2D eigenvalue weighted by molar-refractivity contribution is -0.118. The summed E-state index contributed by atoms with van der Waals surface area (Å²) in [5.41, 5.74) is 2.70. The van der Waals surface area contributed by atoms with Crippen LogP contribution in [0.5, 0.6) is 11.5 Å². The highest BCUT2D eigenvalue weighted by Crippen LogP contribution is 2.36. The van der Waals surface area contributed by atoms with Crippen LogP contribution in [0.2, 0.25) is 10.0 Å². The first-order valence-corrected chi connectivity index (χ1v) is 7.78. The second-order valence-corrected chi connectivity index (χ2v) is 6.05. The zero-order chi connectivity index (χ0) is 16.6. The van der Waals surface area contributed by atoms with Crippen molar-refractivity contribution < 1.29 is 14.3 Å². The molecule has 0 aliphatic carbocycles. The largest absolute Gasteiger partial charge is 0.493 e. The van der Waals surface area contributed by atoms with E-state index in [0.29, 0.717) is 34.5 Å². The molecule has 2 aromatic carbocycles. The predicted octanol–water partition coefficient (Wildman–Crippen LogP) is 4.10. The average Bonchev–Trinajstić information content (AvgIpc) is 2.55. The number of rotatable bonds is 3. The van der Waals surface area contributed by atoms with Crippen LogP contribution in [0.15, 0.2) is 30.3 Å². The van der Waals surface area contributed by atoms with E-state index in [1.54, 1.807) is 37.3 Å². The lowest BCUT2D eigenvalue weighted by Gasteiger charge is -2.29. The van der Waals surface area contributed by atoms with Crippen molar-refractivity contribution in [1.82, 2.24) is 0 Å². The number of halogens is 2. The average molecular weight is 352 g/mol. The third kappa shape index (κ3) is 2.96. The van der Waals surface area contributed by atoms with E-state index in [1.807, 2.05) is 12.1 Å². The number of hydrogen-bond donors (Lipinski definition) is 0. The van der Waals surface area contributed by atoms with Crippen LogP contribution >= 0.6 is 23.2 Å². The van der Waals surface area contributed by atoms with Gasteiger partial charge in [0.25, 0.3) is 0 Å². The summed E-state index contributed by atoms with van der Waals surface area (Å²) in [7, 11) is 3.17. The van der Waals surface area contributed by atoms with Crippen molar-refractivity contribution in [3.63, 3.8) is 0 Å². The van der Waals surface area contributed by atoms with Crippen LogP contribution in [0.25, 0.3) is 0 Å². The summed E-state index contributed by atoms with van der Waals surface area (Å²) in [4.78, 5) is 14.2. The molecular formula is C17H15Cl2NO3. The van der Waals surface area contributed by atoms with Crippen LogP contribution < -0.4 is 14.4 Å². The SMILES string of the molecule is COc1cc2c(cc1OC)CN(c1ccc(Cl)c(Cl)c1)C(=O)C2. The first-order chi connectivity index (χ1) is 11.0. The molecule has 120 valence electrons. The number of fused-ring (bicyclic) bond motifs is 1. The van der Waals surface area contributed by atoms with E-state index in [2.05, 4.69) is 0 Å². The molecule has 0 fully saturated rings. The number of carbonyl (C=O) groups excluding carboxylic acids is 1. The molecule has 0 aromatic heterocycles. The molecule has 0 saturated carbocycles. The molecule has 23 heavy (non-hydrogen) atoms. The summed E-state index contributed by atoms with van der Waals surface area (Å²) in [6, 6.07) is 8.95. The van der Waals surface area contributed by atoms with Crippen LogP contribution in [0.3, 0.4) is 0 Å². The maximum absolute atomic E-state index is 12.5. The van der Waals surface area contributed by atoms with Gasteiger partial charge in [0, 0.05) is 5.69 Å². The van der Waals surface area contributed by atoms with Gasteiger partial charge in [-0.05, 0) is 41.5 Å². The van der Waals surface area contributed by atoms with Crippen molar-refractivity contribution in [3.05, 3.63) is 51.5 Å². The Morgan fingerprint density at radius 1 is 0.957 bits per heavy atom. The summed E-state index contributed by atoms with van der Waals surface area (Å²) in [5.74, 6) is 1.28. The lowest BCUT2D eigenvalue weighted by atomic mass is 9.97. The third-order valence-electron chi connectivity index (χ3n) is 3.89. The minimum Gasteiger partial charge on any atom is -0.493 e. The van der Waals surface area contributed by atoms with Crippen molar-refractivity contribution in [2.75, 3.05) is 19.1 Å². The van der Waals surface area contributed by atoms with Crippen LogP contribution in [0.4, 0.5) is 5.69 Å². The van der Waals surface area contributed by atoms with E-state index in [0.717, 1.165) is 16.8 Å². The predicted molar refractivity (Wildman–Crippen MR) is 90.9 cm³/mol. The van der Waals surface area contributed by atoms with Crippen molar-refractivity contribution in [1.29, 1.82) is 0 Å². The summed E-state index contributed by atoms with van der Waals surface area (Å²) < 4.78 is 10.6. The van der Waals surface area contributed by atoms with Gasteiger partial charge >= 0.3 is 0 Å². The van der Waals surface area contributed by atoms with Crippen LogP contribution in [-0.2, 0) is 17.8 Å². The van der Waals surface area contributed by atoms with Gasteiger partial charge in [-0.25, -0.2) is 0 Å². The smallest absolute Gasteiger partial charge is 0.231 e. The van der Waals surface area contributed by atoms with Gasteiger partial charge in [-0.2, -0.15) is 0 Å². The third-order valence-corrected chi connectivity index (χ3v) is 4.63. The minimum atomic E-state index is 0.00288. The molecule has 1 amide bonds. The summed E-state index contributed by atoms with van der Waals surface area (Å²) >= 11 is 12.0. The molecule has 0 N–H and O–H groups in total. The lowest BCUT2D eigenvalue weighted by Crippen LogP contribution is -2.36. The van der Waals surface area contributed by atoms with Gasteiger partial charge in [-0.3, -0.25) is 4.79 Å². The highest BCUT2D eigenvalue weighted by molar-refractivity contribution is 6.42. The van der Waals surface area contributed by atoms with Gasteiger partial charge in [-0.1, -0.05) is 23.2 Å². The second kappa shape index (κ2) is 6.30. The van der Waals surface area contributed by atoms with E-state index in [1.165, 1.54) is 0 Å². The van der Waals surface area contributed by atoms with Gasteiger partial charge in [-0.15, -0.1) is 0 Å². The summed E-state index contributed by atoms with van der Waals surface area (Å²) in [6.07, 6.45) is 0.302. The number of hydrogen-bond acceptors (Lipinski definition) is 3. The fraction of sp³-hybridized carbons (Fsp3) is 0.235. The van der Waals surface area contributed by atoms with Gasteiger partial charge in [0.15, 0.2) is 11.5 Å². The van der Waals surface area contributed by atoms with E-state index in [4.69, 9.17) is 32.7 Å². The standard InChI is InChI=1S/C17H15Cl2NO3/c1-22-15-5-10-7-17(21)20(9-11(10)6-16(15)23-2)12-3-4-13(18)14(19)8-12/h3-6,8H,7,9H2,1-2H3. The molecule has 1 heterocycles. The fourth-order valence-electron chi connectivity index (χ4n) is 2.68. The van der Waals surface area contributed by atoms with Gasteiger partial charge in [0.2, 0.25) is 5.91 Å². The van der Waals surface area contributed by atoms with Crippen LogP contribution in [0, 0.1) is 0 Å². The highest BCUT2D eigenvalue weighted by atomic mass is 35.5. The molecule has 0 saturated heterocycles. The van der Waals surface area contributed by atoms with Gasteiger partial charge in [0.05, 0.1) is 37.2 Å². The second-order valence-electron chi connectivity index (χ2n) is 5.23. The maximum Gasteiger partial charge on any atom is 0.231 e. The fourth-order valence-corrected chi connectivity index (χ4v) is 2.97. The molecular weight excluding hydrogens is 337 g/mol. The van der Waals surface area contributed by atoms with Gasteiger partial charge < -0.3 is 14.4 Å². The molecule has 0 radical (unpaired) electrons. The number of methoxy groups -OCH3 is 2. The molecule has 3 rings (SSSR count).